The maximum Gasteiger partial charge on any atom is 0.254 e. The van der Waals surface area contributed by atoms with Gasteiger partial charge in [-0.25, -0.2) is 0 Å². The van der Waals surface area contributed by atoms with Crippen molar-refractivity contribution in [3.8, 4) is 0 Å². The highest BCUT2D eigenvalue weighted by Gasteiger charge is 2.24. The van der Waals surface area contributed by atoms with Gasteiger partial charge in [0, 0.05) is 18.7 Å². The van der Waals surface area contributed by atoms with Crippen LogP contribution in [-0.2, 0) is 0 Å². The molecular weight excluding hydrogens is 178 g/mol. The number of likely N-dealkylation sites (tertiary alicyclic amines) is 1. The molecule has 0 saturated carbocycles. The molecule has 1 N–H and O–H groups in total. The second-order valence-corrected chi connectivity index (χ2v) is 3.47. The number of aliphatic hydroxyl groups excluding tert-OH is 1. The molecule has 14 heavy (non-hydrogen) atoms. The van der Waals surface area contributed by atoms with Crippen molar-refractivity contribution in [1.82, 2.24) is 4.90 Å². The molecular formula is C11H12NO2. The fourth-order valence-electron chi connectivity index (χ4n) is 1.62. The lowest BCUT2D eigenvalue weighted by atomic mass is 10.2. The van der Waals surface area contributed by atoms with Gasteiger partial charge in [-0.15, -0.1) is 0 Å². The van der Waals surface area contributed by atoms with Crippen LogP contribution >= 0.6 is 0 Å². The second-order valence-electron chi connectivity index (χ2n) is 3.47. The van der Waals surface area contributed by atoms with E-state index in [0.717, 1.165) is 0 Å². The van der Waals surface area contributed by atoms with Crippen LogP contribution in [0.5, 0.6) is 0 Å². The van der Waals surface area contributed by atoms with E-state index in [1.807, 2.05) is 12.1 Å². The average molecular weight is 190 g/mol. The standard InChI is InChI=1S/C11H12NO2/c13-10-6-7-12(8-10)11(14)9-4-2-1-3-5-9/h1-4,10,13H,6-8H2. The zero-order valence-corrected chi connectivity index (χ0v) is 7.81. The van der Waals surface area contributed by atoms with Gasteiger partial charge >= 0.3 is 0 Å². The smallest absolute Gasteiger partial charge is 0.254 e. The summed E-state index contributed by atoms with van der Waals surface area (Å²) in [4.78, 5) is 13.4. The van der Waals surface area contributed by atoms with E-state index < -0.39 is 0 Å². The predicted molar refractivity (Wildman–Crippen MR) is 51.8 cm³/mol. The van der Waals surface area contributed by atoms with Crippen LogP contribution in [0.15, 0.2) is 24.3 Å². The van der Waals surface area contributed by atoms with Crippen molar-refractivity contribution < 1.29 is 9.90 Å². The van der Waals surface area contributed by atoms with Gasteiger partial charge in [-0.1, -0.05) is 18.2 Å². The monoisotopic (exact) mass is 190 g/mol. The highest BCUT2D eigenvalue weighted by Crippen LogP contribution is 2.12. The first-order valence-corrected chi connectivity index (χ1v) is 4.71. The molecule has 1 fully saturated rings. The summed E-state index contributed by atoms with van der Waals surface area (Å²) >= 11 is 0. The molecule has 1 radical (unpaired) electrons. The molecule has 1 saturated heterocycles. The van der Waals surface area contributed by atoms with E-state index in [9.17, 15) is 9.90 Å². The molecule has 1 atom stereocenters. The zero-order valence-electron chi connectivity index (χ0n) is 7.81. The first kappa shape index (κ1) is 9.21. The number of nitrogens with zero attached hydrogens (tertiary/aromatic N) is 1. The van der Waals surface area contributed by atoms with E-state index in [4.69, 9.17) is 0 Å². The largest absolute Gasteiger partial charge is 0.391 e. The number of β-amino-alcohol motifs (C(OH)–C–C–N with tert-alkyl or cyclic N) is 1. The lowest BCUT2D eigenvalue weighted by Gasteiger charge is -2.14. The Bertz CT molecular complexity index is 323. The third-order valence-corrected chi connectivity index (χ3v) is 2.39. The summed E-state index contributed by atoms with van der Waals surface area (Å²) in [6.07, 6.45) is 0.320. The fourth-order valence-corrected chi connectivity index (χ4v) is 1.62. The Kier molecular flexibility index (Phi) is 2.50. The van der Waals surface area contributed by atoms with Crippen LogP contribution in [0.2, 0.25) is 0 Å². The minimum absolute atomic E-state index is 0.0397. The van der Waals surface area contributed by atoms with Crippen molar-refractivity contribution in [3.63, 3.8) is 0 Å². The normalized spacial score (nSPS) is 21.2. The molecule has 0 bridgehead atoms. The van der Waals surface area contributed by atoms with Crippen LogP contribution in [0, 0.1) is 6.07 Å². The van der Waals surface area contributed by atoms with Crippen molar-refractivity contribution in [1.29, 1.82) is 0 Å². The van der Waals surface area contributed by atoms with E-state index in [0.29, 0.717) is 25.1 Å². The van der Waals surface area contributed by atoms with Crippen molar-refractivity contribution in [3.05, 3.63) is 35.9 Å². The van der Waals surface area contributed by atoms with Gasteiger partial charge in [0.2, 0.25) is 0 Å². The van der Waals surface area contributed by atoms with Gasteiger partial charge in [-0.2, -0.15) is 0 Å². The molecule has 1 amide bonds. The van der Waals surface area contributed by atoms with Gasteiger partial charge in [0.15, 0.2) is 0 Å². The third kappa shape index (κ3) is 1.77. The molecule has 3 heteroatoms. The van der Waals surface area contributed by atoms with Crippen molar-refractivity contribution in [2.75, 3.05) is 13.1 Å². The van der Waals surface area contributed by atoms with Gasteiger partial charge in [-0.3, -0.25) is 4.79 Å². The number of benzene rings is 1. The molecule has 0 aliphatic carbocycles. The van der Waals surface area contributed by atoms with Crippen molar-refractivity contribution >= 4 is 5.91 Å². The molecule has 1 aliphatic rings. The van der Waals surface area contributed by atoms with Crippen molar-refractivity contribution in [2.45, 2.75) is 12.5 Å². The second kappa shape index (κ2) is 3.80. The molecule has 1 heterocycles. The number of hydrogen-bond donors (Lipinski definition) is 1. The summed E-state index contributed by atoms with van der Waals surface area (Å²) in [5.74, 6) is -0.0397. The quantitative estimate of drug-likeness (QED) is 0.708. The Morgan fingerprint density at radius 2 is 2.43 bits per heavy atom. The van der Waals surface area contributed by atoms with Crippen molar-refractivity contribution in [2.24, 2.45) is 0 Å². The number of hydrogen-bond acceptors (Lipinski definition) is 2. The summed E-state index contributed by atoms with van der Waals surface area (Å²) in [5, 5.41) is 9.29. The van der Waals surface area contributed by atoms with Crippen LogP contribution < -0.4 is 0 Å². The summed E-state index contributed by atoms with van der Waals surface area (Å²) in [6.45, 7) is 1.09. The molecule has 1 aromatic rings. The van der Waals surface area contributed by atoms with Crippen LogP contribution in [0.1, 0.15) is 16.8 Å². The Labute approximate surface area is 83.0 Å². The van der Waals surface area contributed by atoms with E-state index in [1.54, 1.807) is 17.0 Å². The molecule has 0 spiro atoms. The Balaban J connectivity index is 2.10. The highest BCUT2D eigenvalue weighted by atomic mass is 16.3. The van der Waals surface area contributed by atoms with E-state index in [-0.39, 0.29) is 12.0 Å². The first-order valence-electron chi connectivity index (χ1n) is 4.71. The van der Waals surface area contributed by atoms with Gasteiger partial charge in [0.1, 0.15) is 0 Å². The van der Waals surface area contributed by atoms with Gasteiger partial charge in [0.25, 0.3) is 5.91 Å². The predicted octanol–water partition coefficient (Wildman–Crippen LogP) is 0.694. The fraction of sp³-hybridized carbons (Fsp3) is 0.364. The Hall–Kier alpha value is -1.35. The Morgan fingerprint density at radius 3 is 3.00 bits per heavy atom. The van der Waals surface area contributed by atoms with E-state index >= 15 is 0 Å². The zero-order chi connectivity index (χ0) is 9.97. The lowest BCUT2D eigenvalue weighted by Crippen LogP contribution is -2.29. The minimum Gasteiger partial charge on any atom is -0.391 e. The van der Waals surface area contributed by atoms with Gasteiger partial charge in [0.05, 0.1) is 6.10 Å². The summed E-state index contributed by atoms with van der Waals surface area (Å²) in [5.41, 5.74) is 0.571. The number of rotatable bonds is 1. The SMILES string of the molecule is O=C(c1[c]cccc1)N1CCC(O)C1. The molecule has 0 aromatic heterocycles. The summed E-state index contributed by atoms with van der Waals surface area (Å²) in [6, 6.07) is 10.00. The average Bonchev–Trinajstić information content (AvgIpc) is 2.65. The number of carbonyl (C=O) groups is 1. The van der Waals surface area contributed by atoms with Gasteiger partial charge < -0.3 is 10.0 Å². The molecule has 2 rings (SSSR count). The number of amides is 1. The molecule has 73 valence electrons. The molecule has 1 aliphatic heterocycles. The van der Waals surface area contributed by atoms with Crippen LogP contribution in [-0.4, -0.2) is 35.1 Å². The summed E-state index contributed by atoms with van der Waals surface area (Å²) < 4.78 is 0. The first-order chi connectivity index (χ1) is 6.77. The number of aliphatic hydroxyl groups is 1. The molecule has 1 unspecified atom stereocenters. The third-order valence-electron chi connectivity index (χ3n) is 2.39. The molecule has 3 nitrogen and oxygen atoms in total. The van der Waals surface area contributed by atoms with Crippen LogP contribution in [0.3, 0.4) is 0 Å². The minimum atomic E-state index is -0.359. The Morgan fingerprint density at radius 1 is 1.57 bits per heavy atom. The van der Waals surface area contributed by atoms with Crippen LogP contribution in [0.4, 0.5) is 0 Å². The number of carbonyl (C=O) groups excluding carboxylic acids is 1. The van der Waals surface area contributed by atoms with E-state index in [2.05, 4.69) is 6.07 Å². The maximum absolute atomic E-state index is 11.8. The van der Waals surface area contributed by atoms with E-state index in [1.165, 1.54) is 0 Å². The topological polar surface area (TPSA) is 40.5 Å². The molecule has 1 aromatic carbocycles. The maximum atomic E-state index is 11.8. The van der Waals surface area contributed by atoms with Gasteiger partial charge in [-0.05, 0) is 18.6 Å². The summed E-state index contributed by atoms with van der Waals surface area (Å²) in [7, 11) is 0. The van der Waals surface area contributed by atoms with Crippen LogP contribution in [0.25, 0.3) is 0 Å². The highest BCUT2D eigenvalue weighted by molar-refractivity contribution is 5.94. The lowest BCUT2D eigenvalue weighted by molar-refractivity contribution is 0.0764.